The van der Waals surface area contributed by atoms with Gasteiger partial charge in [0.05, 0.1) is 5.92 Å². The number of thiazole rings is 1. The number of nitrogens with two attached hydrogens (primary N) is 1. The third kappa shape index (κ3) is 3.17. The van der Waals surface area contributed by atoms with Crippen LogP contribution in [0.1, 0.15) is 30.3 Å². The second-order valence-electron chi connectivity index (χ2n) is 6.00. The van der Waals surface area contributed by atoms with Crippen LogP contribution in [0.3, 0.4) is 0 Å². The molecule has 1 aliphatic heterocycles. The molecule has 2 amide bonds. The highest BCUT2D eigenvalue weighted by Gasteiger charge is 2.33. The fraction of sp³-hybridized carbons (Fsp3) is 0.353. The summed E-state index contributed by atoms with van der Waals surface area (Å²) >= 11 is 1.23. The first kappa shape index (κ1) is 16.6. The topological polar surface area (TPSA) is 76.3 Å². The van der Waals surface area contributed by atoms with E-state index < -0.39 is 0 Å². The van der Waals surface area contributed by atoms with Gasteiger partial charge in [0.1, 0.15) is 16.5 Å². The minimum absolute atomic E-state index is 0.0201. The number of halogens is 1. The van der Waals surface area contributed by atoms with Crippen LogP contribution >= 0.6 is 11.3 Å². The summed E-state index contributed by atoms with van der Waals surface area (Å²) in [7, 11) is 0. The van der Waals surface area contributed by atoms with Gasteiger partial charge in [0.25, 0.3) is 5.91 Å². The highest BCUT2D eigenvalue weighted by molar-refractivity contribution is 7.13. The molecule has 1 saturated heterocycles. The standard InChI is InChI=1S/C17H18FN3O2S/c1-10-6-7-11(15(19)22)8-21(10)17(23)14-9-24-16(20-14)12-4-2-3-5-13(12)18/h2-5,9-11H,6-8H2,1H3,(H2,19,22)/t10-,11-/m1/s1. The van der Waals surface area contributed by atoms with Crippen molar-refractivity contribution < 1.29 is 14.0 Å². The predicted molar refractivity (Wildman–Crippen MR) is 89.9 cm³/mol. The number of benzene rings is 1. The molecule has 5 nitrogen and oxygen atoms in total. The molecule has 0 radical (unpaired) electrons. The van der Waals surface area contributed by atoms with Crippen molar-refractivity contribution in [2.45, 2.75) is 25.8 Å². The molecule has 24 heavy (non-hydrogen) atoms. The lowest BCUT2D eigenvalue weighted by molar-refractivity contribution is -0.123. The van der Waals surface area contributed by atoms with Crippen LogP contribution in [0.15, 0.2) is 29.6 Å². The van der Waals surface area contributed by atoms with Gasteiger partial charge in [-0.3, -0.25) is 9.59 Å². The van der Waals surface area contributed by atoms with Crippen molar-refractivity contribution in [1.82, 2.24) is 9.88 Å². The van der Waals surface area contributed by atoms with Crippen LogP contribution in [0.5, 0.6) is 0 Å². The summed E-state index contributed by atoms with van der Waals surface area (Å²) in [5.41, 5.74) is 6.03. The highest BCUT2D eigenvalue weighted by atomic mass is 32.1. The fourth-order valence-corrected chi connectivity index (χ4v) is 3.72. The van der Waals surface area contributed by atoms with Crippen molar-refractivity contribution in [3.63, 3.8) is 0 Å². The summed E-state index contributed by atoms with van der Waals surface area (Å²) < 4.78 is 13.9. The molecule has 2 N–H and O–H groups in total. The first-order valence-corrected chi connectivity index (χ1v) is 8.66. The van der Waals surface area contributed by atoms with E-state index in [1.807, 2.05) is 6.92 Å². The van der Waals surface area contributed by atoms with Crippen molar-refractivity contribution in [1.29, 1.82) is 0 Å². The van der Waals surface area contributed by atoms with Gasteiger partial charge in [0.2, 0.25) is 5.91 Å². The Morgan fingerprint density at radius 3 is 2.79 bits per heavy atom. The quantitative estimate of drug-likeness (QED) is 0.927. The molecule has 1 aromatic heterocycles. The third-order valence-electron chi connectivity index (χ3n) is 4.37. The van der Waals surface area contributed by atoms with Gasteiger partial charge < -0.3 is 10.6 Å². The average molecular weight is 347 g/mol. The Bertz CT molecular complexity index is 777. The van der Waals surface area contributed by atoms with Gasteiger partial charge in [-0.05, 0) is 31.9 Å². The molecule has 0 spiro atoms. The van der Waals surface area contributed by atoms with E-state index in [2.05, 4.69) is 4.98 Å². The molecule has 0 saturated carbocycles. The molecule has 0 aliphatic carbocycles. The Balaban J connectivity index is 1.83. The Hall–Kier alpha value is -2.28. The zero-order valence-electron chi connectivity index (χ0n) is 13.2. The summed E-state index contributed by atoms with van der Waals surface area (Å²) in [6.07, 6.45) is 1.42. The SMILES string of the molecule is C[C@@H]1CC[C@@H](C(N)=O)CN1C(=O)c1csc(-c2ccccc2F)n1. The smallest absolute Gasteiger partial charge is 0.273 e. The lowest BCUT2D eigenvalue weighted by Crippen LogP contribution is -2.48. The van der Waals surface area contributed by atoms with Crippen LogP contribution in [0, 0.1) is 11.7 Å². The van der Waals surface area contributed by atoms with Crippen molar-refractivity contribution in [3.8, 4) is 10.6 Å². The van der Waals surface area contributed by atoms with Gasteiger partial charge in [0, 0.05) is 23.5 Å². The molecule has 2 heterocycles. The molecule has 7 heteroatoms. The van der Waals surface area contributed by atoms with Crippen molar-refractivity contribution in [3.05, 3.63) is 41.2 Å². The number of rotatable bonds is 3. The molecule has 3 rings (SSSR count). The zero-order chi connectivity index (χ0) is 17.3. The van der Waals surface area contributed by atoms with Crippen LogP contribution in [-0.4, -0.2) is 34.3 Å². The van der Waals surface area contributed by atoms with E-state index in [9.17, 15) is 14.0 Å². The van der Waals surface area contributed by atoms with Crippen LogP contribution in [-0.2, 0) is 4.79 Å². The molecule has 1 fully saturated rings. The van der Waals surface area contributed by atoms with E-state index in [0.717, 1.165) is 6.42 Å². The Kier molecular flexibility index (Phi) is 4.62. The van der Waals surface area contributed by atoms with Crippen LogP contribution in [0.4, 0.5) is 4.39 Å². The molecule has 2 aromatic rings. The molecule has 126 valence electrons. The van der Waals surface area contributed by atoms with Gasteiger partial charge in [-0.2, -0.15) is 0 Å². The van der Waals surface area contributed by atoms with Gasteiger partial charge in [-0.15, -0.1) is 11.3 Å². The average Bonchev–Trinajstić information content (AvgIpc) is 3.04. The maximum absolute atomic E-state index is 13.9. The highest BCUT2D eigenvalue weighted by Crippen LogP contribution is 2.28. The van der Waals surface area contributed by atoms with Crippen LogP contribution < -0.4 is 5.73 Å². The summed E-state index contributed by atoms with van der Waals surface area (Å²) in [6, 6.07) is 6.35. The summed E-state index contributed by atoms with van der Waals surface area (Å²) in [5, 5.41) is 2.10. The fourth-order valence-electron chi connectivity index (χ4n) is 2.90. The van der Waals surface area contributed by atoms with E-state index in [1.165, 1.54) is 17.4 Å². The maximum Gasteiger partial charge on any atom is 0.273 e. The minimum Gasteiger partial charge on any atom is -0.369 e. The number of nitrogens with zero attached hydrogens (tertiary/aromatic N) is 2. The number of hydrogen-bond donors (Lipinski definition) is 1. The molecule has 0 unspecified atom stereocenters. The summed E-state index contributed by atoms with van der Waals surface area (Å²) in [5.74, 6) is -1.32. The lowest BCUT2D eigenvalue weighted by Gasteiger charge is -2.36. The molecule has 0 bridgehead atoms. The number of aromatic nitrogens is 1. The number of amides is 2. The third-order valence-corrected chi connectivity index (χ3v) is 5.25. The maximum atomic E-state index is 13.9. The van der Waals surface area contributed by atoms with Crippen molar-refractivity contribution >= 4 is 23.2 Å². The first-order chi connectivity index (χ1) is 11.5. The molecule has 1 aromatic carbocycles. The first-order valence-electron chi connectivity index (χ1n) is 7.78. The molecule has 2 atom stereocenters. The molecule has 1 aliphatic rings. The predicted octanol–water partition coefficient (Wildman–Crippen LogP) is 2.68. The Morgan fingerprint density at radius 2 is 2.08 bits per heavy atom. The Labute approximate surface area is 143 Å². The lowest BCUT2D eigenvalue weighted by atomic mass is 9.93. The molecular weight excluding hydrogens is 329 g/mol. The van der Waals surface area contributed by atoms with Gasteiger partial charge in [-0.1, -0.05) is 12.1 Å². The molecular formula is C17H18FN3O2S. The van der Waals surface area contributed by atoms with E-state index >= 15 is 0 Å². The number of primary amides is 1. The van der Waals surface area contributed by atoms with Gasteiger partial charge >= 0.3 is 0 Å². The number of hydrogen-bond acceptors (Lipinski definition) is 4. The van der Waals surface area contributed by atoms with E-state index in [4.69, 9.17) is 5.73 Å². The van der Waals surface area contributed by atoms with Crippen LogP contribution in [0.25, 0.3) is 10.6 Å². The van der Waals surface area contributed by atoms with E-state index in [0.29, 0.717) is 23.5 Å². The zero-order valence-corrected chi connectivity index (χ0v) is 14.1. The van der Waals surface area contributed by atoms with Crippen molar-refractivity contribution in [2.75, 3.05) is 6.54 Å². The van der Waals surface area contributed by atoms with E-state index in [-0.39, 0.29) is 35.3 Å². The minimum atomic E-state index is -0.384. The largest absolute Gasteiger partial charge is 0.369 e. The second kappa shape index (κ2) is 6.68. The second-order valence-corrected chi connectivity index (χ2v) is 6.86. The summed E-state index contributed by atoms with van der Waals surface area (Å²) in [4.78, 5) is 30.1. The van der Waals surface area contributed by atoms with Gasteiger partial charge in [-0.25, -0.2) is 9.37 Å². The normalized spacial score (nSPS) is 20.8. The summed E-state index contributed by atoms with van der Waals surface area (Å²) in [6.45, 7) is 2.25. The van der Waals surface area contributed by atoms with E-state index in [1.54, 1.807) is 28.5 Å². The number of carbonyl (C=O) groups is 2. The van der Waals surface area contributed by atoms with Crippen molar-refractivity contribution in [2.24, 2.45) is 11.7 Å². The Morgan fingerprint density at radius 1 is 1.33 bits per heavy atom. The monoisotopic (exact) mass is 347 g/mol. The number of piperidine rings is 1. The number of carbonyl (C=O) groups excluding carboxylic acids is 2. The van der Waals surface area contributed by atoms with Gasteiger partial charge in [0.15, 0.2) is 0 Å². The number of likely N-dealkylation sites (tertiary alicyclic amines) is 1. The van der Waals surface area contributed by atoms with Crippen LogP contribution in [0.2, 0.25) is 0 Å².